The third-order valence-corrected chi connectivity index (χ3v) is 2.06. The smallest absolute Gasteiger partial charge is 0.307 e. The van der Waals surface area contributed by atoms with Crippen LogP contribution >= 0.6 is 0 Å². The van der Waals surface area contributed by atoms with Gasteiger partial charge in [0, 0.05) is 13.5 Å². The molecule has 68 valence electrons. The first kappa shape index (κ1) is 9.03. The van der Waals surface area contributed by atoms with Crippen molar-refractivity contribution in [2.45, 2.75) is 25.8 Å². The first-order valence-electron chi connectivity index (χ1n) is 4.06. The third kappa shape index (κ3) is 1.75. The normalized spacial score (nSPS) is 22.0. The fourth-order valence-corrected chi connectivity index (χ4v) is 1.20. The standard InChI is InChI=1S/C8H13NO3/c1-3-12-8(11)5-6-4-7(10)9(6)2/h6H,3-5H2,1-2H3. The van der Waals surface area contributed by atoms with Crippen molar-refractivity contribution in [1.82, 2.24) is 4.90 Å². The molecule has 1 aliphatic rings. The van der Waals surface area contributed by atoms with Crippen LogP contribution in [-0.2, 0) is 14.3 Å². The van der Waals surface area contributed by atoms with Crippen molar-refractivity contribution < 1.29 is 14.3 Å². The highest BCUT2D eigenvalue weighted by Crippen LogP contribution is 2.19. The summed E-state index contributed by atoms with van der Waals surface area (Å²) in [4.78, 5) is 23.3. The molecule has 1 amide bonds. The summed E-state index contributed by atoms with van der Waals surface area (Å²) in [5.41, 5.74) is 0. The van der Waals surface area contributed by atoms with Crippen molar-refractivity contribution in [2.24, 2.45) is 0 Å². The molecule has 0 aliphatic carbocycles. The molecule has 1 saturated heterocycles. The van der Waals surface area contributed by atoms with Crippen LogP contribution in [0.3, 0.4) is 0 Å². The molecule has 4 nitrogen and oxygen atoms in total. The van der Waals surface area contributed by atoms with E-state index < -0.39 is 0 Å². The number of hydrogen-bond acceptors (Lipinski definition) is 3. The molecule has 0 bridgehead atoms. The Hall–Kier alpha value is -1.06. The van der Waals surface area contributed by atoms with E-state index in [4.69, 9.17) is 4.74 Å². The Bertz CT molecular complexity index is 202. The lowest BCUT2D eigenvalue weighted by molar-refractivity contribution is -0.151. The Kier molecular flexibility index (Phi) is 2.68. The number of likely N-dealkylation sites (tertiary alicyclic amines) is 1. The lowest BCUT2D eigenvalue weighted by atomic mass is 10.0. The van der Waals surface area contributed by atoms with Crippen LogP contribution in [0.4, 0.5) is 0 Å². The minimum Gasteiger partial charge on any atom is -0.466 e. The molecule has 1 unspecified atom stereocenters. The van der Waals surface area contributed by atoms with Gasteiger partial charge >= 0.3 is 5.97 Å². The van der Waals surface area contributed by atoms with E-state index in [2.05, 4.69) is 0 Å². The Morgan fingerprint density at radius 3 is 2.83 bits per heavy atom. The fourth-order valence-electron chi connectivity index (χ4n) is 1.20. The summed E-state index contributed by atoms with van der Waals surface area (Å²) in [5.74, 6) is -0.119. The minimum absolute atomic E-state index is 0.0662. The van der Waals surface area contributed by atoms with E-state index in [1.807, 2.05) is 0 Å². The van der Waals surface area contributed by atoms with E-state index in [1.54, 1.807) is 18.9 Å². The van der Waals surface area contributed by atoms with Crippen LogP contribution in [0, 0.1) is 0 Å². The Morgan fingerprint density at radius 2 is 2.42 bits per heavy atom. The summed E-state index contributed by atoms with van der Waals surface area (Å²) in [7, 11) is 1.70. The van der Waals surface area contributed by atoms with Crippen molar-refractivity contribution in [1.29, 1.82) is 0 Å². The maximum atomic E-state index is 10.9. The second kappa shape index (κ2) is 3.56. The molecule has 4 heteroatoms. The first-order valence-corrected chi connectivity index (χ1v) is 4.06. The van der Waals surface area contributed by atoms with Crippen LogP contribution in [0.1, 0.15) is 19.8 Å². The van der Waals surface area contributed by atoms with Crippen molar-refractivity contribution in [2.75, 3.05) is 13.7 Å². The topological polar surface area (TPSA) is 46.6 Å². The van der Waals surface area contributed by atoms with E-state index in [9.17, 15) is 9.59 Å². The van der Waals surface area contributed by atoms with Crippen molar-refractivity contribution in [3.05, 3.63) is 0 Å². The van der Waals surface area contributed by atoms with Gasteiger partial charge in [0.25, 0.3) is 0 Å². The molecule has 1 rings (SSSR count). The van der Waals surface area contributed by atoms with Gasteiger partial charge in [0.05, 0.1) is 19.1 Å². The van der Waals surface area contributed by atoms with E-state index >= 15 is 0 Å². The van der Waals surface area contributed by atoms with Crippen LogP contribution in [-0.4, -0.2) is 36.5 Å². The molecular weight excluding hydrogens is 158 g/mol. The van der Waals surface area contributed by atoms with Gasteiger partial charge in [-0.3, -0.25) is 9.59 Å². The Morgan fingerprint density at radius 1 is 1.75 bits per heavy atom. The molecular formula is C8H13NO3. The molecule has 12 heavy (non-hydrogen) atoms. The van der Waals surface area contributed by atoms with Crippen molar-refractivity contribution in [3.63, 3.8) is 0 Å². The molecule has 0 N–H and O–H groups in total. The summed E-state index contributed by atoms with van der Waals surface area (Å²) in [6.07, 6.45) is 0.811. The monoisotopic (exact) mass is 171 g/mol. The molecule has 0 radical (unpaired) electrons. The van der Waals surface area contributed by atoms with Gasteiger partial charge in [0.15, 0.2) is 0 Å². The maximum Gasteiger partial charge on any atom is 0.307 e. The average molecular weight is 171 g/mol. The number of amides is 1. The molecule has 0 aromatic heterocycles. The highest BCUT2D eigenvalue weighted by atomic mass is 16.5. The van der Waals surface area contributed by atoms with Crippen LogP contribution < -0.4 is 0 Å². The van der Waals surface area contributed by atoms with Gasteiger partial charge in [-0.05, 0) is 6.92 Å². The molecule has 0 aromatic carbocycles. The van der Waals surface area contributed by atoms with Gasteiger partial charge < -0.3 is 9.64 Å². The summed E-state index contributed by atoms with van der Waals surface area (Å²) < 4.78 is 4.75. The molecule has 1 aliphatic heterocycles. The summed E-state index contributed by atoms with van der Waals surface area (Å²) in [6, 6.07) is 0.0662. The van der Waals surface area contributed by atoms with Crippen LogP contribution in [0.15, 0.2) is 0 Å². The zero-order valence-corrected chi connectivity index (χ0v) is 7.37. The van der Waals surface area contributed by atoms with Gasteiger partial charge in [-0.2, -0.15) is 0 Å². The number of ether oxygens (including phenoxy) is 1. The van der Waals surface area contributed by atoms with Gasteiger partial charge in [0.1, 0.15) is 0 Å². The predicted molar refractivity (Wildman–Crippen MR) is 42.4 cm³/mol. The first-order chi connectivity index (χ1) is 5.65. The number of hydrogen-bond donors (Lipinski definition) is 0. The van der Waals surface area contributed by atoms with Crippen molar-refractivity contribution in [3.8, 4) is 0 Å². The van der Waals surface area contributed by atoms with Crippen molar-refractivity contribution >= 4 is 11.9 Å². The molecule has 0 spiro atoms. The zero-order chi connectivity index (χ0) is 9.14. The lowest BCUT2D eigenvalue weighted by Crippen LogP contribution is -2.50. The Labute approximate surface area is 71.5 Å². The molecule has 0 saturated carbocycles. The average Bonchev–Trinajstić information content (AvgIpc) is 2.04. The second-order valence-electron chi connectivity index (χ2n) is 2.87. The van der Waals surface area contributed by atoms with Crippen LogP contribution in [0.25, 0.3) is 0 Å². The summed E-state index contributed by atoms with van der Waals surface area (Å²) in [5, 5.41) is 0. The van der Waals surface area contributed by atoms with E-state index in [0.717, 1.165) is 0 Å². The number of rotatable bonds is 3. The van der Waals surface area contributed by atoms with E-state index in [1.165, 1.54) is 0 Å². The molecule has 1 fully saturated rings. The number of esters is 1. The molecule has 1 atom stereocenters. The maximum absolute atomic E-state index is 10.9. The van der Waals surface area contributed by atoms with E-state index in [0.29, 0.717) is 19.4 Å². The number of β-lactam (4-membered cyclic amide) rings is 1. The van der Waals surface area contributed by atoms with Gasteiger partial charge in [-0.1, -0.05) is 0 Å². The number of nitrogens with zero attached hydrogens (tertiary/aromatic N) is 1. The van der Waals surface area contributed by atoms with Gasteiger partial charge in [-0.15, -0.1) is 0 Å². The van der Waals surface area contributed by atoms with Crippen LogP contribution in [0.2, 0.25) is 0 Å². The molecule has 1 heterocycles. The quantitative estimate of drug-likeness (QED) is 0.449. The fraction of sp³-hybridized carbons (Fsp3) is 0.750. The highest BCUT2D eigenvalue weighted by molar-refractivity contribution is 5.85. The largest absolute Gasteiger partial charge is 0.466 e. The van der Waals surface area contributed by atoms with Gasteiger partial charge in [0.2, 0.25) is 5.91 Å². The number of carbonyl (C=O) groups excluding carboxylic acids is 2. The number of carbonyl (C=O) groups is 2. The third-order valence-electron chi connectivity index (χ3n) is 2.06. The highest BCUT2D eigenvalue weighted by Gasteiger charge is 2.34. The SMILES string of the molecule is CCOC(=O)CC1CC(=O)N1C. The zero-order valence-electron chi connectivity index (χ0n) is 7.37. The summed E-state index contributed by atoms with van der Waals surface area (Å²) in [6.45, 7) is 2.18. The van der Waals surface area contributed by atoms with E-state index in [-0.39, 0.29) is 17.9 Å². The van der Waals surface area contributed by atoms with Gasteiger partial charge in [-0.25, -0.2) is 0 Å². The molecule has 0 aromatic rings. The summed E-state index contributed by atoms with van der Waals surface area (Å²) >= 11 is 0. The second-order valence-corrected chi connectivity index (χ2v) is 2.87. The minimum atomic E-state index is -0.221. The lowest BCUT2D eigenvalue weighted by Gasteiger charge is -2.36. The Balaban J connectivity index is 2.24. The van der Waals surface area contributed by atoms with Crippen LogP contribution in [0.5, 0.6) is 0 Å². The predicted octanol–water partition coefficient (Wildman–Crippen LogP) is 0.170.